The molecule has 6 nitrogen and oxygen atoms in total. The van der Waals surface area contributed by atoms with E-state index in [9.17, 15) is 9.90 Å². The molecular formula is C27H29N2NaO4. The molecule has 0 spiro atoms. The summed E-state index contributed by atoms with van der Waals surface area (Å²) < 4.78 is 12.3. The van der Waals surface area contributed by atoms with Crippen LogP contribution in [0.25, 0.3) is 33.3 Å². The number of oxazole rings is 1. The van der Waals surface area contributed by atoms with Gasteiger partial charge in [-0.15, -0.1) is 0 Å². The van der Waals surface area contributed by atoms with Gasteiger partial charge in [0, 0.05) is 30.8 Å². The maximum absolute atomic E-state index is 10.6. The van der Waals surface area contributed by atoms with Gasteiger partial charge in [0.1, 0.15) is 11.3 Å². The Kier molecular flexibility index (Phi) is 9.39. The standard InChI is InChI=1S/C27H30N2O4.Na/c1-3-29(4-2)21-13-14-23-25(18-21)33-27(28-23)22-16-19-10-7-8-11-20(19)17-24(22)32-15-9-5-6-12-26(30)31;/h7-8,10-11,13-14,16-18H,3-6,9,12,15H2,1-2H3,(H,30,31);/q;+1/p-1. The summed E-state index contributed by atoms with van der Waals surface area (Å²) in [6, 6.07) is 18.3. The summed E-state index contributed by atoms with van der Waals surface area (Å²) in [5, 5.41) is 12.7. The van der Waals surface area contributed by atoms with Crippen LogP contribution in [-0.4, -0.2) is 30.6 Å². The summed E-state index contributed by atoms with van der Waals surface area (Å²) in [5.74, 6) is 0.233. The Hall–Kier alpha value is -2.54. The Bertz CT molecular complexity index is 1250. The first-order valence-corrected chi connectivity index (χ1v) is 11.6. The van der Waals surface area contributed by atoms with Gasteiger partial charge in [0.15, 0.2) is 5.58 Å². The van der Waals surface area contributed by atoms with Crippen molar-refractivity contribution in [1.29, 1.82) is 0 Å². The molecular weight excluding hydrogens is 439 g/mol. The van der Waals surface area contributed by atoms with E-state index in [1.807, 2.05) is 36.4 Å². The zero-order valence-electron chi connectivity index (χ0n) is 20.2. The van der Waals surface area contributed by atoms with E-state index >= 15 is 0 Å². The van der Waals surface area contributed by atoms with Crippen molar-refractivity contribution in [3.63, 3.8) is 0 Å². The predicted molar refractivity (Wildman–Crippen MR) is 129 cm³/mol. The molecule has 0 bridgehead atoms. The molecule has 0 N–H and O–H groups in total. The van der Waals surface area contributed by atoms with Gasteiger partial charge >= 0.3 is 29.6 Å². The van der Waals surface area contributed by atoms with Gasteiger partial charge in [-0.3, -0.25) is 0 Å². The molecule has 0 fully saturated rings. The number of fused-ring (bicyclic) bond motifs is 2. The topological polar surface area (TPSA) is 78.6 Å². The van der Waals surface area contributed by atoms with Crippen LogP contribution in [0.4, 0.5) is 5.69 Å². The number of anilines is 1. The first kappa shape index (κ1) is 26.1. The van der Waals surface area contributed by atoms with Crippen LogP contribution in [0.15, 0.2) is 59.0 Å². The van der Waals surface area contributed by atoms with Crippen LogP contribution in [0.5, 0.6) is 5.75 Å². The number of carboxylic acids is 1. The number of unbranched alkanes of at least 4 members (excludes halogenated alkanes) is 2. The minimum atomic E-state index is -1.01. The van der Waals surface area contributed by atoms with Crippen molar-refractivity contribution < 1.29 is 48.6 Å². The number of aliphatic carboxylic acids is 1. The van der Waals surface area contributed by atoms with Gasteiger partial charge in [-0.05, 0) is 74.6 Å². The van der Waals surface area contributed by atoms with Crippen molar-refractivity contribution in [3.05, 3.63) is 54.6 Å². The SMILES string of the molecule is CCN(CC)c1ccc2nc(-c3cc4ccccc4cc3OCCCCCC(=O)[O-])oc2c1.[Na+]. The van der Waals surface area contributed by atoms with Crippen molar-refractivity contribution in [2.45, 2.75) is 39.5 Å². The molecule has 0 atom stereocenters. The normalized spacial score (nSPS) is 10.9. The molecule has 4 rings (SSSR count). The molecule has 0 unspecified atom stereocenters. The summed E-state index contributed by atoms with van der Waals surface area (Å²) >= 11 is 0. The average Bonchev–Trinajstić information content (AvgIpc) is 3.25. The van der Waals surface area contributed by atoms with E-state index < -0.39 is 5.97 Å². The number of aromatic nitrogens is 1. The minimum Gasteiger partial charge on any atom is -0.550 e. The van der Waals surface area contributed by atoms with Gasteiger partial charge in [-0.25, -0.2) is 4.98 Å². The molecule has 0 aliphatic rings. The number of rotatable bonds is 11. The van der Waals surface area contributed by atoms with Gasteiger partial charge in [0.05, 0.1) is 12.2 Å². The van der Waals surface area contributed by atoms with Crippen LogP contribution in [0, 0.1) is 0 Å². The summed E-state index contributed by atoms with van der Waals surface area (Å²) in [6.07, 6.45) is 2.21. The van der Waals surface area contributed by atoms with Crippen LogP contribution in [0.1, 0.15) is 39.5 Å². The van der Waals surface area contributed by atoms with Gasteiger partial charge in [0.25, 0.3) is 0 Å². The first-order valence-electron chi connectivity index (χ1n) is 11.6. The molecule has 7 heteroatoms. The molecule has 1 aromatic heterocycles. The molecule has 0 saturated carbocycles. The van der Waals surface area contributed by atoms with Crippen LogP contribution in [-0.2, 0) is 4.79 Å². The quantitative estimate of drug-likeness (QED) is 0.248. The van der Waals surface area contributed by atoms with Gasteiger partial charge < -0.3 is 24.0 Å². The van der Waals surface area contributed by atoms with Crippen LogP contribution < -0.4 is 44.3 Å². The molecule has 0 radical (unpaired) electrons. The molecule has 0 amide bonds. The monoisotopic (exact) mass is 468 g/mol. The van der Waals surface area contributed by atoms with Gasteiger partial charge in [-0.1, -0.05) is 24.3 Å². The second-order valence-electron chi connectivity index (χ2n) is 8.07. The van der Waals surface area contributed by atoms with Gasteiger partial charge in [-0.2, -0.15) is 0 Å². The van der Waals surface area contributed by atoms with E-state index in [4.69, 9.17) is 14.1 Å². The van der Waals surface area contributed by atoms with E-state index in [1.165, 1.54) is 0 Å². The Morgan fingerprint density at radius 1 is 1.00 bits per heavy atom. The molecule has 172 valence electrons. The maximum atomic E-state index is 10.6. The minimum absolute atomic E-state index is 0. The van der Waals surface area contributed by atoms with Crippen LogP contribution in [0.3, 0.4) is 0 Å². The molecule has 0 aliphatic heterocycles. The number of carboxylic acid groups (broad SMARTS) is 1. The third-order valence-electron chi connectivity index (χ3n) is 5.86. The second kappa shape index (κ2) is 12.2. The molecule has 34 heavy (non-hydrogen) atoms. The van der Waals surface area contributed by atoms with Crippen LogP contribution in [0.2, 0.25) is 0 Å². The number of carbonyl (C=O) groups excluding carboxylic acids is 1. The molecule has 4 aromatic rings. The number of hydrogen-bond donors (Lipinski definition) is 0. The van der Waals surface area contributed by atoms with Gasteiger partial charge in [0.2, 0.25) is 5.89 Å². The van der Waals surface area contributed by atoms with Crippen molar-refractivity contribution in [2.75, 3.05) is 24.6 Å². The zero-order valence-corrected chi connectivity index (χ0v) is 22.2. The number of nitrogens with zero attached hydrogens (tertiary/aromatic N) is 2. The summed E-state index contributed by atoms with van der Waals surface area (Å²) in [6.45, 7) is 6.61. The smallest absolute Gasteiger partial charge is 0.550 e. The van der Waals surface area contributed by atoms with E-state index in [1.54, 1.807) is 0 Å². The van der Waals surface area contributed by atoms with Crippen molar-refractivity contribution in [1.82, 2.24) is 4.98 Å². The van der Waals surface area contributed by atoms with Crippen molar-refractivity contribution in [3.8, 4) is 17.2 Å². The van der Waals surface area contributed by atoms with E-state index in [0.717, 1.165) is 59.1 Å². The molecule has 0 aliphatic carbocycles. The maximum Gasteiger partial charge on any atom is 1.00 e. The third kappa shape index (κ3) is 6.12. The summed E-state index contributed by atoms with van der Waals surface area (Å²) in [5.41, 5.74) is 3.48. The first-order chi connectivity index (χ1) is 16.1. The Morgan fingerprint density at radius 3 is 2.44 bits per heavy atom. The Morgan fingerprint density at radius 2 is 1.74 bits per heavy atom. The Balaban J connectivity index is 0.00000324. The fourth-order valence-electron chi connectivity index (χ4n) is 4.05. The van der Waals surface area contributed by atoms with E-state index in [2.05, 4.69) is 36.9 Å². The number of hydrogen-bond acceptors (Lipinski definition) is 6. The number of ether oxygens (including phenoxy) is 1. The zero-order chi connectivity index (χ0) is 23.2. The molecule has 0 saturated heterocycles. The average molecular weight is 469 g/mol. The molecule has 1 heterocycles. The molecule has 3 aromatic carbocycles. The van der Waals surface area contributed by atoms with Crippen molar-refractivity contribution in [2.24, 2.45) is 0 Å². The largest absolute Gasteiger partial charge is 1.00 e. The number of benzene rings is 3. The van der Waals surface area contributed by atoms with E-state index in [-0.39, 0.29) is 36.0 Å². The fourth-order valence-corrected chi connectivity index (χ4v) is 4.05. The van der Waals surface area contributed by atoms with E-state index in [0.29, 0.717) is 24.7 Å². The van der Waals surface area contributed by atoms with Crippen LogP contribution >= 0.6 is 0 Å². The predicted octanol–water partition coefficient (Wildman–Crippen LogP) is 2.19. The summed E-state index contributed by atoms with van der Waals surface area (Å²) in [4.78, 5) is 17.6. The van der Waals surface area contributed by atoms with Crippen molar-refractivity contribution >= 4 is 33.5 Å². The number of carbonyl (C=O) groups is 1. The second-order valence-corrected chi connectivity index (χ2v) is 8.07. The summed E-state index contributed by atoms with van der Waals surface area (Å²) in [7, 11) is 0. The fraction of sp³-hybridized carbons (Fsp3) is 0.333. The third-order valence-corrected chi connectivity index (χ3v) is 5.86. The Labute approximate surface area is 222 Å².